The van der Waals surface area contributed by atoms with Crippen LogP contribution >= 0.6 is 35.0 Å². The fourth-order valence-electron chi connectivity index (χ4n) is 8.33. The Bertz CT molecular complexity index is 2490. The summed E-state index contributed by atoms with van der Waals surface area (Å²) in [5.41, 5.74) is 7.60. The molecule has 2 fully saturated rings. The van der Waals surface area contributed by atoms with Gasteiger partial charge in [-0.05, 0) is 101 Å². The number of carbonyl (C=O) groups excluding carboxylic acids is 6. The third kappa shape index (κ3) is 10.0. The number of benzene rings is 3. The lowest BCUT2D eigenvalue weighted by molar-refractivity contribution is -0.136. The summed E-state index contributed by atoms with van der Waals surface area (Å²) in [6.45, 7) is 7.88. The molecule has 4 atom stereocenters. The van der Waals surface area contributed by atoms with Crippen molar-refractivity contribution in [1.29, 1.82) is 0 Å². The summed E-state index contributed by atoms with van der Waals surface area (Å²) in [4.78, 5) is 83.4. The van der Waals surface area contributed by atoms with Crippen LogP contribution < -0.4 is 21.1 Å². The molecule has 19 heteroatoms. The lowest BCUT2D eigenvalue weighted by atomic mass is 10.0. The van der Waals surface area contributed by atoms with Crippen molar-refractivity contribution in [2.45, 2.75) is 88.4 Å². The summed E-state index contributed by atoms with van der Waals surface area (Å²) in [7, 11) is 0. The van der Waals surface area contributed by atoms with Crippen LogP contribution in [0, 0.1) is 5.82 Å². The largest absolute Gasteiger partial charge is 0.482 e. The third-order valence-corrected chi connectivity index (χ3v) is 13.4. The number of nitrogen functional groups attached to an aromatic ring is 1. The quantitative estimate of drug-likeness (QED) is 0.0471. The molecular formula is C45H47Cl2FN8O7S. The predicted molar refractivity (Wildman–Crippen MR) is 240 cm³/mol. The molecule has 64 heavy (non-hydrogen) atoms. The van der Waals surface area contributed by atoms with Crippen LogP contribution in [0.3, 0.4) is 0 Å². The number of amides is 6. The minimum Gasteiger partial charge on any atom is -0.482 e. The van der Waals surface area contributed by atoms with Crippen LogP contribution in [0.2, 0.25) is 10.0 Å². The van der Waals surface area contributed by atoms with Gasteiger partial charge in [0.2, 0.25) is 11.8 Å². The zero-order valence-electron chi connectivity index (χ0n) is 35.4. The molecule has 0 spiro atoms. The van der Waals surface area contributed by atoms with E-state index in [0.29, 0.717) is 34.8 Å². The normalized spacial score (nSPS) is 19.4. The van der Waals surface area contributed by atoms with Crippen LogP contribution in [-0.2, 0) is 9.59 Å². The molecule has 4 heterocycles. The smallest absolute Gasteiger partial charge is 0.276 e. The summed E-state index contributed by atoms with van der Waals surface area (Å²) in [6, 6.07) is 14.9. The molecule has 0 bridgehead atoms. The van der Waals surface area contributed by atoms with E-state index in [2.05, 4.69) is 39.6 Å². The summed E-state index contributed by atoms with van der Waals surface area (Å²) >= 11 is 13.9. The van der Waals surface area contributed by atoms with Crippen LogP contribution in [0.4, 0.5) is 15.9 Å². The number of hydrogen-bond donors (Lipinski definition) is 3. The van der Waals surface area contributed by atoms with Crippen molar-refractivity contribution in [3.05, 3.63) is 104 Å². The van der Waals surface area contributed by atoms with Crippen molar-refractivity contribution in [1.82, 2.24) is 30.2 Å². The number of fused-ring (bicyclic) bond motifs is 1. The van der Waals surface area contributed by atoms with Gasteiger partial charge in [0.05, 0.1) is 16.1 Å². The zero-order valence-corrected chi connectivity index (χ0v) is 37.7. The number of nitrogens with zero attached hydrogens (tertiary/aromatic N) is 5. The molecule has 0 radical (unpaired) electrons. The highest BCUT2D eigenvalue weighted by molar-refractivity contribution is 7.99. The number of nitrogens with two attached hydrogens (primary N) is 1. The predicted octanol–water partition coefficient (Wildman–Crippen LogP) is 7.19. The maximum atomic E-state index is 14.1. The van der Waals surface area contributed by atoms with E-state index in [1.165, 1.54) is 23.9 Å². The van der Waals surface area contributed by atoms with Crippen LogP contribution in [0.5, 0.6) is 5.75 Å². The molecule has 15 nitrogen and oxygen atoms in total. The number of imide groups is 2. The molecule has 7 rings (SSSR count). The molecule has 0 saturated carbocycles. The van der Waals surface area contributed by atoms with Crippen LogP contribution in [0.25, 0.3) is 0 Å². The molecule has 2 saturated heterocycles. The molecule has 6 amide bonds. The van der Waals surface area contributed by atoms with Gasteiger partial charge in [-0.15, -0.1) is 22.0 Å². The number of piperazine rings is 1. The number of rotatable bonds is 15. The second-order valence-corrected chi connectivity index (χ2v) is 18.0. The lowest BCUT2D eigenvalue weighted by Gasteiger charge is -2.44. The number of aromatic nitrogens is 2. The van der Waals surface area contributed by atoms with Gasteiger partial charge in [-0.25, -0.2) is 4.39 Å². The lowest BCUT2D eigenvalue weighted by Crippen LogP contribution is -2.58. The zero-order chi connectivity index (χ0) is 45.8. The molecular weight excluding hydrogens is 887 g/mol. The van der Waals surface area contributed by atoms with E-state index in [1.807, 2.05) is 11.0 Å². The summed E-state index contributed by atoms with van der Waals surface area (Å²) in [6.07, 6.45) is 3.25. The molecule has 336 valence electrons. The minimum absolute atomic E-state index is 0.0244. The van der Waals surface area contributed by atoms with E-state index in [-0.39, 0.29) is 69.3 Å². The van der Waals surface area contributed by atoms with Gasteiger partial charge in [0.25, 0.3) is 23.6 Å². The van der Waals surface area contributed by atoms with E-state index in [4.69, 9.17) is 33.7 Å². The van der Waals surface area contributed by atoms with E-state index < -0.39 is 47.5 Å². The fraction of sp³-hybridized carbons (Fsp3) is 0.378. The SMILES string of the molecule is CC(Oc1cc(C(=O)Nc2ccc(C(=O)N3C[C@@H](C)N(CCCCCCSc4cccc5c4C(=O)N(C4CCC(=O)NC4=O)C5=O)[C@@H](C)C3)cc2)nnc1N)c1c(Cl)ccc(F)c1Cl. The molecule has 2 unspecified atom stereocenters. The first-order valence-corrected chi connectivity index (χ1v) is 22.7. The topological polar surface area (TPSA) is 197 Å². The Kier molecular flexibility index (Phi) is 14.5. The van der Waals surface area contributed by atoms with Crippen molar-refractivity contribution < 1.29 is 37.9 Å². The average Bonchev–Trinajstić information content (AvgIpc) is 3.52. The summed E-state index contributed by atoms with van der Waals surface area (Å²) < 4.78 is 20.0. The second kappa shape index (κ2) is 20.0. The summed E-state index contributed by atoms with van der Waals surface area (Å²) in [5, 5.41) is 12.7. The molecule has 3 aliphatic heterocycles. The highest BCUT2D eigenvalue weighted by atomic mass is 35.5. The van der Waals surface area contributed by atoms with E-state index >= 15 is 0 Å². The molecule has 4 aromatic rings. The molecule has 0 aliphatic carbocycles. The first-order valence-electron chi connectivity index (χ1n) is 21.0. The average molecular weight is 934 g/mol. The second-order valence-electron chi connectivity index (χ2n) is 16.1. The molecule has 4 N–H and O–H groups in total. The van der Waals surface area contributed by atoms with E-state index in [0.717, 1.165) is 48.9 Å². The Hall–Kier alpha value is -5.62. The number of carbonyl (C=O) groups is 6. The maximum Gasteiger partial charge on any atom is 0.276 e. The van der Waals surface area contributed by atoms with E-state index in [1.54, 1.807) is 43.3 Å². The molecule has 3 aliphatic rings. The first kappa shape index (κ1) is 46.4. The number of nitrogens with one attached hydrogen (secondary N) is 2. The van der Waals surface area contributed by atoms with Crippen LogP contribution in [0.15, 0.2) is 65.6 Å². The number of halogens is 3. The first-order chi connectivity index (χ1) is 30.6. The van der Waals surface area contributed by atoms with Crippen molar-refractivity contribution in [2.24, 2.45) is 0 Å². The van der Waals surface area contributed by atoms with Gasteiger partial charge in [-0.1, -0.05) is 42.1 Å². The monoisotopic (exact) mass is 932 g/mol. The van der Waals surface area contributed by atoms with Gasteiger partial charge >= 0.3 is 0 Å². The highest BCUT2D eigenvalue weighted by Crippen LogP contribution is 2.37. The maximum absolute atomic E-state index is 14.1. The van der Waals surface area contributed by atoms with Gasteiger partial charge < -0.3 is 20.7 Å². The van der Waals surface area contributed by atoms with E-state index in [9.17, 15) is 33.2 Å². The third-order valence-electron chi connectivity index (χ3n) is 11.6. The number of anilines is 2. The van der Waals surface area contributed by atoms with Gasteiger partial charge in [0.1, 0.15) is 18.0 Å². The molecule has 3 aromatic carbocycles. The van der Waals surface area contributed by atoms with Crippen molar-refractivity contribution in [2.75, 3.05) is 36.4 Å². The van der Waals surface area contributed by atoms with Crippen LogP contribution in [0.1, 0.15) is 113 Å². The van der Waals surface area contributed by atoms with Crippen LogP contribution in [-0.4, -0.2) is 104 Å². The van der Waals surface area contributed by atoms with Gasteiger partial charge in [0.15, 0.2) is 17.3 Å². The molecule has 1 aromatic heterocycles. The Labute approximate surface area is 383 Å². The standard InChI is InChI=1S/C45H47Cl2FN8O7S/c1-24-22-54(43(60)27-11-13-28(14-12-27)50-41(58)32-21-34(40(49)53-52-32)63-26(3)37-30(46)15-16-31(48)39(37)47)23-25(2)55(24)19-6-4-5-7-20-64-35-10-8-9-29-38(35)45(62)56(44(29)61)33-17-18-36(57)51-42(33)59/h8-16,21,24-26,33H,4-7,17-20,22-23H2,1-3H3,(H2,49,53)(H,50,58)(H,51,57,59)/t24-,25+,26?,33?. The van der Waals surface area contributed by atoms with Gasteiger partial charge in [-0.2, -0.15) is 0 Å². The van der Waals surface area contributed by atoms with Crippen molar-refractivity contribution >= 4 is 81.9 Å². The Balaban J connectivity index is 0.840. The Morgan fingerprint density at radius 3 is 2.41 bits per heavy atom. The van der Waals surface area contributed by atoms with Crippen molar-refractivity contribution in [3.63, 3.8) is 0 Å². The summed E-state index contributed by atoms with van der Waals surface area (Å²) in [5.74, 6) is -2.72. The number of thioether (sulfide) groups is 1. The number of hydrogen-bond acceptors (Lipinski definition) is 12. The van der Waals surface area contributed by atoms with Crippen molar-refractivity contribution in [3.8, 4) is 5.75 Å². The highest BCUT2D eigenvalue weighted by Gasteiger charge is 2.45. The fourth-order valence-corrected chi connectivity index (χ4v) is 10.1. The van der Waals surface area contributed by atoms with Gasteiger partial charge in [-0.3, -0.25) is 43.9 Å². The Morgan fingerprint density at radius 1 is 0.969 bits per heavy atom. The van der Waals surface area contributed by atoms with Gasteiger partial charge in [0, 0.05) is 64.4 Å². The number of ether oxygens (including phenoxy) is 1. The minimum atomic E-state index is -0.995. The Morgan fingerprint density at radius 2 is 1.69 bits per heavy atom. The number of unbranched alkanes of at least 4 members (excludes halogenated alkanes) is 3. The number of piperidine rings is 1.